The Hall–Kier alpha value is -4.34. The number of para-hydroxylation sites is 1. The second kappa shape index (κ2) is 9.44. The Morgan fingerprint density at radius 3 is 2.45 bits per heavy atom. The van der Waals surface area contributed by atoms with Crippen molar-refractivity contribution in [1.82, 2.24) is 9.97 Å². The highest BCUT2D eigenvalue weighted by Gasteiger charge is 2.25. The zero-order valence-corrected chi connectivity index (χ0v) is 16.8. The summed E-state index contributed by atoms with van der Waals surface area (Å²) in [5.41, 5.74) is 0.985. The fraction of sp³-hybridized carbons (Fsp3) is 0.143. The number of hydrogen-bond acceptors (Lipinski definition) is 9. The van der Waals surface area contributed by atoms with Gasteiger partial charge in [0.2, 0.25) is 11.6 Å². The van der Waals surface area contributed by atoms with Gasteiger partial charge < -0.3 is 15.4 Å². The molecular weight excluding hydrogens is 402 g/mol. The molecule has 0 aliphatic heterocycles. The second-order valence-electron chi connectivity index (χ2n) is 6.33. The third-order valence-electron chi connectivity index (χ3n) is 4.21. The van der Waals surface area contributed by atoms with Crippen molar-refractivity contribution < 1.29 is 19.2 Å². The molecule has 3 rings (SSSR count). The number of carbonyl (C=O) groups excluding carboxylic acids is 2. The summed E-state index contributed by atoms with van der Waals surface area (Å²) in [4.78, 5) is 43.0. The average Bonchev–Trinajstić information content (AvgIpc) is 2.74. The highest BCUT2D eigenvalue weighted by atomic mass is 16.6. The van der Waals surface area contributed by atoms with E-state index in [0.717, 1.165) is 6.33 Å². The lowest BCUT2D eigenvalue weighted by atomic mass is 10.1. The Labute approximate surface area is 177 Å². The summed E-state index contributed by atoms with van der Waals surface area (Å²) in [5, 5.41) is 17.5. The monoisotopic (exact) mass is 421 g/mol. The van der Waals surface area contributed by atoms with E-state index in [2.05, 4.69) is 20.6 Å². The summed E-state index contributed by atoms with van der Waals surface area (Å²) >= 11 is 0. The number of benzene rings is 2. The fourth-order valence-electron chi connectivity index (χ4n) is 2.79. The summed E-state index contributed by atoms with van der Waals surface area (Å²) in [6.07, 6.45) is 1.15. The minimum Gasteiger partial charge on any atom is -0.462 e. The molecular formula is C21H19N5O5. The summed E-state index contributed by atoms with van der Waals surface area (Å²) in [6.45, 7) is 3.30. The normalized spacial score (nSPS) is 10.3. The summed E-state index contributed by atoms with van der Waals surface area (Å²) in [7, 11) is 0. The van der Waals surface area contributed by atoms with Crippen LogP contribution in [0.25, 0.3) is 0 Å². The van der Waals surface area contributed by atoms with Crippen molar-refractivity contribution in [3.63, 3.8) is 0 Å². The van der Waals surface area contributed by atoms with Gasteiger partial charge in [-0.3, -0.25) is 14.9 Å². The van der Waals surface area contributed by atoms with Crippen LogP contribution in [-0.2, 0) is 4.74 Å². The summed E-state index contributed by atoms with van der Waals surface area (Å²) < 4.78 is 5.03. The molecule has 3 aromatic rings. The van der Waals surface area contributed by atoms with E-state index in [0.29, 0.717) is 16.9 Å². The van der Waals surface area contributed by atoms with Crippen LogP contribution in [0.15, 0.2) is 54.9 Å². The lowest BCUT2D eigenvalue weighted by molar-refractivity contribution is -0.383. The Morgan fingerprint density at radius 1 is 1.06 bits per heavy atom. The molecule has 0 saturated heterocycles. The van der Waals surface area contributed by atoms with Gasteiger partial charge in [0.05, 0.1) is 22.8 Å². The van der Waals surface area contributed by atoms with Crippen molar-refractivity contribution in [2.75, 3.05) is 17.2 Å². The van der Waals surface area contributed by atoms with Crippen LogP contribution in [0.5, 0.6) is 0 Å². The van der Waals surface area contributed by atoms with Crippen molar-refractivity contribution in [1.29, 1.82) is 0 Å². The van der Waals surface area contributed by atoms with E-state index in [-0.39, 0.29) is 29.6 Å². The van der Waals surface area contributed by atoms with Gasteiger partial charge in [0, 0.05) is 11.3 Å². The third-order valence-corrected chi connectivity index (χ3v) is 4.21. The van der Waals surface area contributed by atoms with Gasteiger partial charge in [-0.15, -0.1) is 0 Å². The molecule has 158 valence electrons. The van der Waals surface area contributed by atoms with E-state index in [1.165, 1.54) is 6.92 Å². The van der Waals surface area contributed by atoms with Crippen LogP contribution in [0, 0.1) is 10.1 Å². The number of anilines is 4. The van der Waals surface area contributed by atoms with Gasteiger partial charge in [0.1, 0.15) is 6.33 Å². The molecule has 0 atom stereocenters. The van der Waals surface area contributed by atoms with Gasteiger partial charge >= 0.3 is 11.7 Å². The van der Waals surface area contributed by atoms with Crippen LogP contribution in [0.4, 0.5) is 28.7 Å². The number of ether oxygens (including phenoxy) is 1. The maximum atomic E-state index is 12.2. The number of ketones is 1. The largest absolute Gasteiger partial charge is 0.462 e. The summed E-state index contributed by atoms with van der Waals surface area (Å²) in [5.74, 6) is -0.890. The lowest BCUT2D eigenvalue weighted by Crippen LogP contribution is -2.10. The van der Waals surface area contributed by atoms with Gasteiger partial charge in [-0.1, -0.05) is 24.3 Å². The van der Waals surface area contributed by atoms with Crippen LogP contribution in [0.1, 0.15) is 34.6 Å². The quantitative estimate of drug-likeness (QED) is 0.237. The van der Waals surface area contributed by atoms with Gasteiger partial charge in [-0.05, 0) is 38.1 Å². The molecule has 0 fully saturated rings. The molecule has 0 aliphatic rings. The molecule has 0 bridgehead atoms. The second-order valence-corrected chi connectivity index (χ2v) is 6.33. The van der Waals surface area contributed by atoms with Gasteiger partial charge in [-0.2, -0.15) is 0 Å². The lowest BCUT2D eigenvalue weighted by Gasteiger charge is -2.12. The number of carbonyl (C=O) groups is 2. The number of nitrogens with zero attached hydrogens (tertiary/aromatic N) is 3. The molecule has 0 aliphatic carbocycles. The molecule has 2 aromatic carbocycles. The van der Waals surface area contributed by atoms with Crippen LogP contribution < -0.4 is 10.6 Å². The van der Waals surface area contributed by atoms with E-state index in [1.807, 2.05) is 0 Å². The molecule has 1 heterocycles. The molecule has 0 saturated carbocycles. The van der Waals surface area contributed by atoms with Crippen molar-refractivity contribution >= 4 is 40.5 Å². The number of rotatable bonds is 8. The Balaban J connectivity index is 1.99. The van der Waals surface area contributed by atoms with Crippen molar-refractivity contribution in [3.8, 4) is 0 Å². The maximum absolute atomic E-state index is 12.2. The van der Waals surface area contributed by atoms with Crippen molar-refractivity contribution in [3.05, 3.63) is 76.1 Å². The Morgan fingerprint density at radius 2 is 1.77 bits per heavy atom. The summed E-state index contributed by atoms with van der Waals surface area (Å²) in [6, 6.07) is 13.0. The van der Waals surface area contributed by atoms with Crippen LogP contribution in [-0.4, -0.2) is 33.3 Å². The predicted octanol–water partition coefficient (Wildman–Crippen LogP) is 4.25. The Bertz CT molecular complexity index is 1150. The molecule has 10 heteroatoms. The van der Waals surface area contributed by atoms with Gasteiger partial charge in [0.15, 0.2) is 5.78 Å². The van der Waals surface area contributed by atoms with Crippen LogP contribution in [0.3, 0.4) is 0 Å². The average molecular weight is 421 g/mol. The zero-order chi connectivity index (χ0) is 22.4. The van der Waals surface area contributed by atoms with E-state index in [4.69, 9.17) is 4.74 Å². The standard InChI is InChI=1S/C21H19N5O5/c1-3-31-21(28)16-9-4-5-10-17(16)25-20-18(26(29)30)19(22-12-23-20)24-15-8-6-7-14(11-15)13(2)27/h4-12H,3H2,1-2H3,(H2,22,23,24,25). The zero-order valence-electron chi connectivity index (χ0n) is 16.8. The number of nitrogens with one attached hydrogen (secondary N) is 2. The molecule has 0 spiro atoms. The maximum Gasteiger partial charge on any atom is 0.353 e. The van der Waals surface area contributed by atoms with E-state index < -0.39 is 16.6 Å². The molecule has 2 N–H and O–H groups in total. The first-order valence-corrected chi connectivity index (χ1v) is 9.31. The SMILES string of the molecule is CCOC(=O)c1ccccc1Nc1ncnc(Nc2cccc(C(C)=O)c2)c1[N+](=O)[O-]. The Kier molecular flexibility index (Phi) is 6.51. The molecule has 10 nitrogen and oxygen atoms in total. The number of esters is 1. The number of nitro groups is 1. The van der Waals surface area contributed by atoms with Gasteiger partial charge in [-0.25, -0.2) is 14.8 Å². The van der Waals surface area contributed by atoms with Crippen molar-refractivity contribution in [2.24, 2.45) is 0 Å². The number of aromatic nitrogens is 2. The topological polar surface area (TPSA) is 136 Å². The van der Waals surface area contributed by atoms with Crippen LogP contribution in [0.2, 0.25) is 0 Å². The van der Waals surface area contributed by atoms with E-state index >= 15 is 0 Å². The number of Topliss-reactive ketones (excluding diaryl/α,β-unsaturated/α-hetero) is 1. The molecule has 0 amide bonds. The highest BCUT2D eigenvalue weighted by Crippen LogP contribution is 2.34. The van der Waals surface area contributed by atoms with Crippen LogP contribution >= 0.6 is 0 Å². The van der Waals surface area contributed by atoms with Crippen molar-refractivity contribution in [2.45, 2.75) is 13.8 Å². The number of hydrogen-bond donors (Lipinski definition) is 2. The minimum absolute atomic E-state index is 0.0724. The smallest absolute Gasteiger partial charge is 0.353 e. The minimum atomic E-state index is -0.632. The van der Waals surface area contributed by atoms with Gasteiger partial charge in [0.25, 0.3) is 0 Å². The van der Waals surface area contributed by atoms with E-state index in [1.54, 1.807) is 55.5 Å². The first-order valence-electron chi connectivity index (χ1n) is 9.31. The highest BCUT2D eigenvalue weighted by molar-refractivity contribution is 5.97. The molecule has 0 unspecified atom stereocenters. The molecule has 1 aromatic heterocycles. The molecule has 31 heavy (non-hydrogen) atoms. The first kappa shape index (κ1) is 21.4. The predicted molar refractivity (Wildman–Crippen MR) is 114 cm³/mol. The molecule has 0 radical (unpaired) electrons. The first-order chi connectivity index (χ1) is 14.9. The third kappa shape index (κ3) is 4.99. The van der Waals surface area contributed by atoms with E-state index in [9.17, 15) is 19.7 Å². The fourth-order valence-corrected chi connectivity index (χ4v) is 2.79.